The minimum atomic E-state index is 0.771. The highest BCUT2D eigenvalue weighted by Gasteiger charge is 2.07. The summed E-state index contributed by atoms with van der Waals surface area (Å²) < 4.78 is 0. The Morgan fingerprint density at radius 3 is 2.91 bits per heavy atom. The first kappa shape index (κ1) is 17.0. The Bertz CT molecular complexity index is 575. The molecule has 0 aliphatic heterocycles. The summed E-state index contributed by atoms with van der Waals surface area (Å²) in [5, 5.41) is 8.83. The lowest BCUT2D eigenvalue weighted by molar-refractivity contribution is 0.478. The Labute approximate surface area is 140 Å². The monoisotopic (exact) mass is 336 g/mol. The van der Waals surface area contributed by atoms with E-state index < -0.39 is 0 Å². The maximum Gasteiger partial charge on any atom is 0.193 e. The molecule has 4 nitrogen and oxygen atoms in total. The van der Waals surface area contributed by atoms with Gasteiger partial charge in [0, 0.05) is 44.2 Å². The van der Waals surface area contributed by atoms with E-state index in [2.05, 4.69) is 52.9 Å². The second-order valence-electron chi connectivity index (χ2n) is 5.05. The fraction of sp³-hybridized carbons (Fsp3) is 0.500. The van der Waals surface area contributed by atoms with Crippen molar-refractivity contribution >= 4 is 28.6 Å². The van der Waals surface area contributed by atoms with Crippen LogP contribution in [0.1, 0.15) is 29.3 Å². The number of hydrogen-bond acceptors (Lipinski definition) is 4. The van der Waals surface area contributed by atoms with Gasteiger partial charge in [-0.1, -0.05) is 6.92 Å². The molecule has 6 heteroatoms. The molecule has 0 atom stereocenters. The van der Waals surface area contributed by atoms with E-state index in [9.17, 15) is 0 Å². The molecule has 0 spiro atoms. The molecule has 22 heavy (non-hydrogen) atoms. The molecule has 0 aliphatic rings. The minimum absolute atomic E-state index is 0.771. The van der Waals surface area contributed by atoms with Crippen molar-refractivity contribution < 1.29 is 0 Å². The quantitative estimate of drug-likeness (QED) is 0.622. The lowest BCUT2D eigenvalue weighted by atomic mass is 10.3. The van der Waals surface area contributed by atoms with Crippen molar-refractivity contribution in [3.05, 3.63) is 38.5 Å². The van der Waals surface area contributed by atoms with Crippen LogP contribution in [0.3, 0.4) is 0 Å². The fourth-order valence-electron chi connectivity index (χ4n) is 2.09. The van der Waals surface area contributed by atoms with Gasteiger partial charge in [-0.25, -0.2) is 4.98 Å². The lowest BCUT2D eigenvalue weighted by Gasteiger charge is -2.21. The molecule has 120 valence electrons. The zero-order valence-electron chi connectivity index (χ0n) is 13.5. The SMILES string of the molecule is CCNC(=NCCc1ncc(CC)s1)N(C)Cc1ccsc1. The summed E-state index contributed by atoms with van der Waals surface area (Å²) >= 11 is 3.53. The molecule has 0 amide bonds. The number of nitrogens with one attached hydrogen (secondary N) is 1. The van der Waals surface area contributed by atoms with E-state index in [0.29, 0.717) is 0 Å². The first-order valence-electron chi connectivity index (χ1n) is 7.67. The number of aliphatic imine (C=N–C) groups is 1. The van der Waals surface area contributed by atoms with Crippen LogP contribution in [0.15, 0.2) is 28.0 Å². The normalized spacial score (nSPS) is 11.7. The van der Waals surface area contributed by atoms with E-state index in [1.807, 2.05) is 6.20 Å². The number of guanidine groups is 1. The summed E-state index contributed by atoms with van der Waals surface area (Å²) in [7, 11) is 2.08. The first-order valence-corrected chi connectivity index (χ1v) is 9.43. The number of thiophene rings is 1. The lowest BCUT2D eigenvalue weighted by Crippen LogP contribution is -2.38. The smallest absolute Gasteiger partial charge is 0.193 e. The van der Waals surface area contributed by atoms with Crippen molar-refractivity contribution in [1.82, 2.24) is 15.2 Å². The van der Waals surface area contributed by atoms with Crippen LogP contribution in [-0.4, -0.2) is 36.0 Å². The Kier molecular flexibility index (Phi) is 6.86. The molecule has 2 aromatic heterocycles. The van der Waals surface area contributed by atoms with Crippen LogP contribution in [0.2, 0.25) is 0 Å². The molecule has 2 heterocycles. The molecule has 0 aliphatic carbocycles. The van der Waals surface area contributed by atoms with Gasteiger partial charge in [-0.05, 0) is 35.7 Å². The van der Waals surface area contributed by atoms with Crippen molar-refractivity contribution in [3.8, 4) is 0 Å². The zero-order valence-corrected chi connectivity index (χ0v) is 15.1. The van der Waals surface area contributed by atoms with E-state index in [-0.39, 0.29) is 0 Å². The number of nitrogens with zero attached hydrogens (tertiary/aromatic N) is 3. The largest absolute Gasteiger partial charge is 0.357 e. The third-order valence-electron chi connectivity index (χ3n) is 3.23. The third kappa shape index (κ3) is 5.10. The molecule has 2 rings (SSSR count). The van der Waals surface area contributed by atoms with Gasteiger partial charge in [0.05, 0.1) is 5.01 Å². The van der Waals surface area contributed by atoms with Gasteiger partial charge >= 0.3 is 0 Å². The molecule has 0 bridgehead atoms. The second kappa shape index (κ2) is 8.90. The summed E-state index contributed by atoms with van der Waals surface area (Å²) in [6.07, 6.45) is 3.95. The number of hydrogen-bond donors (Lipinski definition) is 1. The van der Waals surface area contributed by atoms with Gasteiger partial charge in [-0.2, -0.15) is 11.3 Å². The summed E-state index contributed by atoms with van der Waals surface area (Å²) in [4.78, 5) is 12.7. The van der Waals surface area contributed by atoms with Gasteiger partial charge in [0.25, 0.3) is 0 Å². The predicted octanol–water partition coefficient (Wildman–Crippen LogP) is 3.41. The molecule has 2 aromatic rings. The van der Waals surface area contributed by atoms with Crippen LogP contribution in [-0.2, 0) is 19.4 Å². The van der Waals surface area contributed by atoms with Gasteiger partial charge in [-0.3, -0.25) is 4.99 Å². The average Bonchev–Trinajstić information content (AvgIpc) is 3.17. The number of thiazole rings is 1. The molecule has 0 radical (unpaired) electrons. The molecule has 0 aromatic carbocycles. The van der Waals surface area contributed by atoms with Crippen LogP contribution >= 0.6 is 22.7 Å². The highest BCUT2D eigenvalue weighted by molar-refractivity contribution is 7.11. The van der Waals surface area contributed by atoms with Crippen LogP contribution in [0.4, 0.5) is 0 Å². The van der Waals surface area contributed by atoms with Crippen molar-refractivity contribution in [1.29, 1.82) is 0 Å². The van der Waals surface area contributed by atoms with Gasteiger partial charge in [0.1, 0.15) is 0 Å². The Morgan fingerprint density at radius 2 is 2.27 bits per heavy atom. The van der Waals surface area contributed by atoms with E-state index in [0.717, 1.165) is 38.4 Å². The molecule has 0 saturated heterocycles. The molecule has 0 fully saturated rings. The average molecular weight is 337 g/mol. The number of aromatic nitrogens is 1. The fourth-order valence-corrected chi connectivity index (χ4v) is 3.60. The zero-order chi connectivity index (χ0) is 15.8. The van der Waals surface area contributed by atoms with E-state index in [1.54, 1.807) is 22.7 Å². The standard InChI is InChI=1S/C16H24N4S2/c1-4-14-10-19-15(22-14)6-8-18-16(17-5-2)20(3)11-13-7-9-21-12-13/h7,9-10,12H,4-6,8,11H2,1-3H3,(H,17,18). The summed E-state index contributed by atoms with van der Waals surface area (Å²) in [6, 6.07) is 2.16. The topological polar surface area (TPSA) is 40.5 Å². The maximum atomic E-state index is 4.73. The Hall–Kier alpha value is -1.40. The predicted molar refractivity (Wildman–Crippen MR) is 97.0 cm³/mol. The van der Waals surface area contributed by atoms with Gasteiger partial charge in [0.15, 0.2) is 5.96 Å². The summed E-state index contributed by atoms with van der Waals surface area (Å²) in [6.45, 7) is 6.80. The van der Waals surface area contributed by atoms with Crippen LogP contribution in [0.25, 0.3) is 0 Å². The minimum Gasteiger partial charge on any atom is -0.357 e. The van der Waals surface area contributed by atoms with Crippen LogP contribution in [0, 0.1) is 0 Å². The molecular weight excluding hydrogens is 312 g/mol. The molecule has 0 unspecified atom stereocenters. The van der Waals surface area contributed by atoms with Gasteiger partial charge in [-0.15, -0.1) is 11.3 Å². The summed E-state index contributed by atoms with van der Waals surface area (Å²) in [5.41, 5.74) is 1.32. The van der Waals surface area contributed by atoms with Crippen LogP contribution in [0.5, 0.6) is 0 Å². The van der Waals surface area contributed by atoms with E-state index >= 15 is 0 Å². The highest BCUT2D eigenvalue weighted by atomic mass is 32.1. The van der Waals surface area contributed by atoms with Gasteiger partial charge in [0.2, 0.25) is 0 Å². The highest BCUT2D eigenvalue weighted by Crippen LogP contribution is 2.14. The van der Waals surface area contributed by atoms with Crippen molar-refractivity contribution in [3.63, 3.8) is 0 Å². The molecular formula is C16H24N4S2. The maximum absolute atomic E-state index is 4.73. The number of rotatable bonds is 7. The van der Waals surface area contributed by atoms with Crippen LogP contribution < -0.4 is 5.32 Å². The number of aryl methyl sites for hydroxylation is 1. The van der Waals surface area contributed by atoms with E-state index in [1.165, 1.54) is 15.4 Å². The first-order chi connectivity index (χ1) is 10.7. The van der Waals surface area contributed by atoms with Crippen molar-refractivity contribution in [2.75, 3.05) is 20.1 Å². The third-order valence-corrected chi connectivity index (χ3v) is 5.17. The summed E-state index contributed by atoms with van der Waals surface area (Å²) in [5.74, 6) is 0.959. The second-order valence-corrected chi connectivity index (χ2v) is 7.03. The van der Waals surface area contributed by atoms with E-state index in [4.69, 9.17) is 4.99 Å². The Balaban J connectivity index is 1.91. The molecule has 0 saturated carbocycles. The van der Waals surface area contributed by atoms with Crippen molar-refractivity contribution in [2.24, 2.45) is 4.99 Å². The van der Waals surface area contributed by atoms with Gasteiger partial charge < -0.3 is 10.2 Å². The van der Waals surface area contributed by atoms with Crippen molar-refractivity contribution in [2.45, 2.75) is 33.2 Å². The Morgan fingerprint density at radius 1 is 1.41 bits per heavy atom. The molecule has 1 N–H and O–H groups in total.